The van der Waals surface area contributed by atoms with Crippen LogP contribution in [-0.2, 0) is 17.6 Å². The van der Waals surface area contributed by atoms with Gasteiger partial charge in [0.1, 0.15) is 11.6 Å². The fraction of sp³-hybridized carbons (Fsp3) is 0.412. The first-order valence-electron chi connectivity index (χ1n) is 7.88. The molecular formula is C17H19FN2O3. The van der Waals surface area contributed by atoms with Gasteiger partial charge in [0.25, 0.3) is 5.91 Å². The molecule has 122 valence electrons. The van der Waals surface area contributed by atoms with Crippen LogP contribution in [0.25, 0.3) is 0 Å². The Morgan fingerprint density at radius 3 is 2.83 bits per heavy atom. The molecule has 0 saturated heterocycles. The summed E-state index contributed by atoms with van der Waals surface area (Å²) in [5.41, 5.74) is 1.92. The van der Waals surface area contributed by atoms with Crippen molar-refractivity contribution in [2.24, 2.45) is 0 Å². The molecule has 23 heavy (non-hydrogen) atoms. The van der Waals surface area contributed by atoms with Gasteiger partial charge in [-0.3, -0.25) is 10.1 Å². The predicted octanol–water partition coefficient (Wildman–Crippen LogP) is 3.49. The van der Waals surface area contributed by atoms with E-state index in [9.17, 15) is 9.18 Å². The van der Waals surface area contributed by atoms with Gasteiger partial charge in [-0.05, 0) is 56.4 Å². The highest BCUT2D eigenvalue weighted by Crippen LogP contribution is 2.27. The highest BCUT2D eigenvalue weighted by molar-refractivity contribution is 5.93. The zero-order valence-corrected chi connectivity index (χ0v) is 13.0. The van der Waals surface area contributed by atoms with E-state index in [0.29, 0.717) is 18.1 Å². The Balaban J connectivity index is 1.68. The molecule has 1 unspecified atom stereocenters. The van der Waals surface area contributed by atoms with Crippen LogP contribution in [0.5, 0.6) is 5.75 Å². The highest BCUT2D eigenvalue weighted by Gasteiger charge is 2.24. The molecular weight excluding hydrogens is 299 g/mol. The summed E-state index contributed by atoms with van der Waals surface area (Å²) in [4.78, 5) is 12.4. The summed E-state index contributed by atoms with van der Waals surface area (Å²) in [5.74, 6) is 0.239. The lowest BCUT2D eigenvalue weighted by molar-refractivity contribution is -0.123. The Labute approximate surface area is 133 Å². The van der Waals surface area contributed by atoms with Crippen molar-refractivity contribution in [3.8, 4) is 5.75 Å². The number of rotatable bonds is 5. The van der Waals surface area contributed by atoms with E-state index in [1.807, 2.05) is 6.92 Å². The Bertz CT molecular complexity index is 682. The predicted molar refractivity (Wildman–Crippen MR) is 82.9 cm³/mol. The second kappa shape index (κ2) is 6.81. The van der Waals surface area contributed by atoms with E-state index in [-0.39, 0.29) is 11.7 Å². The Kier molecular flexibility index (Phi) is 4.60. The molecule has 0 fully saturated rings. The van der Waals surface area contributed by atoms with Gasteiger partial charge in [-0.25, -0.2) is 4.39 Å². The number of ether oxygens (including phenoxy) is 1. The number of carbonyl (C=O) groups is 1. The van der Waals surface area contributed by atoms with Gasteiger partial charge in [0.2, 0.25) is 5.88 Å². The molecule has 1 heterocycles. The molecule has 1 aliphatic carbocycles. The molecule has 1 amide bonds. The third-order valence-electron chi connectivity index (χ3n) is 3.95. The Morgan fingerprint density at radius 1 is 1.35 bits per heavy atom. The van der Waals surface area contributed by atoms with Crippen molar-refractivity contribution in [3.05, 3.63) is 41.3 Å². The van der Waals surface area contributed by atoms with Crippen LogP contribution in [0.15, 0.2) is 28.8 Å². The molecule has 6 heteroatoms. The average molecular weight is 318 g/mol. The molecule has 2 aromatic rings. The third kappa shape index (κ3) is 3.52. The summed E-state index contributed by atoms with van der Waals surface area (Å²) in [5, 5.41) is 6.78. The van der Waals surface area contributed by atoms with Crippen LogP contribution >= 0.6 is 0 Å². The number of aromatic nitrogens is 1. The molecule has 1 aromatic carbocycles. The monoisotopic (exact) mass is 318 g/mol. The summed E-state index contributed by atoms with van der Waals surface area (Å²) in [7, 11) is 0. The number of amides is 1. The second-order valence-electron chi connectivity index (χ2n) is 5.60. The van der Waals surface area contributed by atoms with Gasteiger partial charge in [-0.1, -0.05) is 12.1 Å². The fourth-order valence-electron chi connectivity index (χ4n) is 2.68. The van der Waals surface area contributed by atoms with Gasteiger partial charge in [-0.15, -0.1) is 0 Å². The zero-order chi connectivity index (χ0) is 16.2. The highest BCUT2D eigenvalue weighted by atomic mass is 19.1. The molecule has 1 N–H and O–H groups in total. The van der Waals surface area contributed by atoms with Crippen molar-refractivity contribution in [2.45, 2.75) is 45.1 Å². The average Bonchev–Trinajstić information content (AvgIpc) is 2.97. The number of carbonyl (C=O) groups excluding carboxylic acids is 1. The first kappa shape index (κ1) is 15.5. The smallest absolute Gasteiger partial charge is 0.267 e. The minimum atomic E-state index is -0.676. The summed E-state index contributed by atoms with van der Waals surface area (Å²) < 4.78 is 23.8. The van der Waals surface area contributed by atoms with Crippen LogP contribution in [0, 0.1) is 5.82 Å². The number of nitrogens with one attached hydrogen (secondary N) is 1. The van der Waals surface area contributed by atoms with Crippen molar-refractivity contribution in [1.29, 1.82) is 0 Å². The van der Waals surface area contributed by atoms with Gasteiger partial charge < -0.3 is 9.26 Å². The molecule has 0 spiro atoms. The summed E-state index contributed by atoms with van der Waals surface area (Å²) in [6.45, 7) is 1.85. The number of aryl methyl sites for hydroxylation is 1. The van der Waals surface area contributed by atoms with E-state index in [4.69, 9.17) is 9.26 Å². The lowest BCUT2D eigenvalue weighted by Crippen LogP contribution is -2.32. The van der Waals surface area contributed by atoms with Crippen molar-refractivity contribution in [2.75, 3.05) is 5.32 Å². The number of hydrogen-bond donors (Lipinski definition) is 1. The molecule has 1 aromatic heterocycles. The minimum absolute atomic E-state index is 0.290. The third-order valence-corrected chi connectivity index (χ3v) is 3.95. The number of benzene rings is 1. The van der Waals surface area contributed by atoms with E-state index in [2.05, 4.69) is 10.5 Å². The van der Waals surface area contributed by atoms with Gasteiger partial charge in [0.15, 0.2) is 6.10 Å². The van der Waals surface area contributed by atoms with Crippen LogP contribution < -0.4 is 10.1 Å². The lowest BCUT2D eigenvalue weighted by atomic mass is 9.97. The molecule has 0 bridgehead atoms. The molecule has 3 rings (SSSR count). The Morgan fingerprint density at radius 2 is 2.09 bits per heavy atom. The van der Waals surface area contributed by atoms with Crippen LogP contribution in [0.2, 0.25) is 0 Å². The number of halogens is 1. The normalized spacial score (nSPS) is 14.9. The quantitative estimate of drug-likeness (QED) is 0.916. The van der Waals surface area contributed by atoms with Gasteiger partial charge in [0.05, 0.1) is 5.69 Å². The van der Waals surface area contributed by atoms with Crippen LogP contribution in [0.1, 0.15) is 37.4 Å². The zero-order valence-electron chi connectivity index (χ0n) is 13.0. The van der Waals surface area contributed by atoms with Gasteiger partial charge >= 0.3 is 0 Å². The van der Waals surface area contributed by atoms with Gasteiger partial charge in [-0.2, -0.15) is 0 Å². The van der Waals surface area contributed by atoms with E-state index in [1.54, 1.807) is 0 Å². The maximum atomic E-state index is 12.9. The molecule has 1 aliphatic rings. The first-order valence-corrected chi connectivity index (χ1v) is 7.88. The molecule has 1 atom stereocenters. The number of nitrogens with zero attached hydrogens (tertiary/aromatic N) is 1. The van der Waals surface area contributed by atoms with Crippen molar-refractivity contribution in [1.82, 2.24) is 5.16 Å². The minimum Gasteiger partial charge on any atom is -0.481 e. The SMILES string of the molecule is CCC(Oc1ccc(F)cc1)C(=O)Nc1onc2c1CCCC2. The molecule has 0 radical (unpaired) electrons. The Hall–Kier alpha value is -2.37. The largest absolute Gasteiger partial charge is 0.481 e. The van der Waals surface area contributed by atoms with E-state index in [0.717, 1.165) is 36.9 Å². The number of anilines is 1. The molecule has 0 saturated carbocycles. The summed E-state index contributed by atoms with van der Waals surface area (Å²) in [6.07, 6.45) is 3.73. The van der Waals surface area contributed by atoms with Crippen molar-refractivity contribution >= 4 is 11.8 Å². The summed E-state index contributed by atoms with van der Waals surface area (Å²) in [6, 6.07) is 5.60. The first-order chi connectivity index (χ1) is 11.2. The standard InChI is InChI=1S/C17H19FN2O3/c1-2-15(22-12-9-7-11(18)8-10-12)16(21)19-17-13-5-3-4-6-14(13)20-23-17/h7-10,15H,2-6H2,1H3,(H,19,21). The number of fused-ring (bicyclic) bond motifs is 1. The van der Waals surface area contributed by atoms with Crippen LogP contribution in [0.3, 0.4) is 0 Å². The molecule has 5 nitrogen and oxygen atoms in total. The van der Waals surface area contributed by atoms with E-state index < -0.39 is 6.10 Å². The van der Waals surface area contributed by atoms with Gasteiger partial charge in [0, 0.05) is 5.56 Å². The van der Waals surface area contributed by atoms with E-state index in [1.165, 1.54) is 24.3 Å². The fourth-order valence-corrected chi connectivity index (χ4v) is 2.68. The maximum absolute atomic E-state index is 12.9. The number of hydrogen-bond acceptors (Lipinski definition) is 4. The second-order valence-corrected chi connectivity index (χ2v) is 5.60. The van der Waals surface area contributed by atoms with Crippen molar-refractivity contribution in [3.63, 3.8) is 0 Å². The van der Waals surface area contributed by atoms with Crippen molar-refractivity contribution < 1.29 is 18.4 Å². The van der Waals surface area contributed by atoms with Crippen LogP contribution in [0.4, 0.5) is 10.3 Å². The van der Waals surface area contributed by atoms with E-state index >= 15 is 0 Å². The lowest BCUT2D eigenvalue weighted by Gasteiger charge is -2.17. The topological polar surface area (TPSA) is 64.4 Å². The van der Waals surface area contributed by atoms with Crippen LogP contribution in [-0.4, -0.2) is 17.2 Å². The summed E-state index contributed by atoms with van der Waals surface area (Å²) >= 11 is 0. The molecule has 0 aliphatic heterocycles. The maximum Gasteiger partial charge on any atom is 0.267 e.